The van der Waals surface area contributed by atoms with Crippen molar-refractivity contribution in [2.45, 2.75) is 52.1 Å². The number of hydrogen-bond acceptors (Lipinski definition) is 5. The number of rotatable bonds is 4. The van der Waals surface area contributed by atoms with E-state index in [9.17, 15) is 9.90 Å². The summed E-state index contributed by atoms with van der Waals surface area (Å²) >= 11 is 0. The Labute approximate surface area is 121 Å². The lowest BCUT2D eigenvalue weighted by atomic mass is 10.1. The van der Waals surface area contributed by atoms with E-state index in [1.165, 1.54) is 0 Å². The molecule has 0 aliphatic carbocycles. The second-order valence-electron chi connectivity index (χ2n) is 5.58. The minimum absolute atomic E-state index is 0.0170. The molecule has 0 atom stereocenters. The van der Waals surface area contributed by atoms with E-state index in [1.54, 1.807) is 4.68 Å². The van der Waals surface area contributed by atoms with Gasteiger partial charge in [-0.15, -0.1) is 15.3 Å². The number of nitrogens with zero attached hydrogens (tertiary/aromatic N) is 6. The maximum atomic E-state index is 11.2. The third-order valence-electron chi connectivity index (χ3n) is 3.75. The van der Waals surface area contributed by atoms with Gasteiger partial charge in [0.25, 0.3) is 0 Å². The zero-order valence-corrected chi connectivity index (χ0v) is 12.2. The fraction of sp³-hybridized carbons (Fsp3) is 0.615. The number of aryl methyl sites for hydroxylation is 1. The van der Waals surface area contributed by atoms with E-state index < -0.39 is 5.97 Å². The molecule has 1 N–H and O–H groups in total. The standard InChI is InChI=1S/C13H18N6O2/c1-8(2)12-11(13(20)21)16-17-19(12)7-10-15-14-9-5-3-4-6-18(9)10/h8H,3-7H2,1-2H3,(H,20,21). The quantitative estimate of drug-likeness (QED) is 0.904. The van der Waals surface area contributed by atoms with Crippen molar-refractivity contribution in [1.29, 1.82) is 0 Å². The highest BCUT2D eigenvalue weighted by molar-refractivity contribution is 5.86. The molecule has 8 heteroatoms. The molecule has 112 valence electrons. The second-order valence-corrected chi connectivity index (χ2v) is 5.58. The fourth-order valence-electron chi connectivity index (χ4n) is 2.78. The molecule has 0 aromatic carbocycles. The molecule has 0 unspecified atom stereocenters. The predicted octanol–water partition coefficient (Wildman–Crippen LogP) is 1.08. The van der Waals surface area contributed by atoms with Gasteiger partial charge in [0.2, 0.25) is 0 Å². The Morgan fingerprint density at radius 1 is 1.29 bits per heavy atom. The molecule has 0 saturated carbocycles. The van der Waals surface area contributed by atoms with Crippen LogP contribution in [0.5, 0.6) is 0 Å². The van der Waals surface area contributed by atoms with Crippen molar-refractivity contribution in [3.8, 4) is 0 Å². The SMILES string of the molecule is CC(C)c1c(C(=O)O)nnn1Cc1nnc2n1CCCC2. The fourth-order valence-corrected chi connectivity index (χ4v) is 2.78. The first-order valence-corrected chi connectivity index (χ1v) is 7.15. The molecule has 2 aromatic rings. The van der Waals surface area contributed by atoms with Crippen LogP contribution in [0.4, 0.5) is 0 Å². The van der Waals surface area contributed by atoms with Gasteiger partial charge in [-0.25, -0.2) is 9.48 Å². The maximum Gasteiger partial charge on any atom is 0.358 e. The van der Waals surface area contributed by atoms with Gasteiger partial charge < -0.3 is 9.67 Å². The molecule has 0 fully saturated rings. The molecule has 2 aromatic heterocycles. The van der Waals surface area contributed by atoms with Crippen molar-refractivity contribution in [2.75, 3.05) is 0 Å². The Kier molecular flexibility index (Phi) is 3.44. The molecule has 0 spiro atoms. The van der Waals surface area contributed by atoms with Gasteiger partial charge in [0.15, 0.2) is 11.5 Å². The molecule has 0 saturated heterocycles. The van der Waals surface area contributed by atoms with Crippen LogP contribution in [-0.2, 0) is 19.5 Å². The van der Waals surface area contributed by atoms with Crippen molar-refractivity contribution in [3.05, 3.63) is 23.0 Å². The van der Waals surface area contributed by atoms with Crippen LogP contribution in [-0.4, -0.2) is 40.8 Å². The van der Waals surface area contributed by atoms with Crippen LogP contribution < -0.4 is 0 Å². The molecule has 3 rings (SSSR count). The number of carbonyl (C=O) groups is 1. The van der Waals surface area contributed by atoms with Crippen LogP contribution in [0, 0.1) is 0 Å². The summed E-state index contributed by atoms with van der Waals surface area (Å²) in [7, 11) is 0. The van der Waals surface area contributed by atoms with Gasteiger partial charge in [-0.2, -0.15) is 0 Å². The molecule has 0 amide bonds. The minimum atomic E-state index is -1.05. The molecule has 0 radical (unpaired) electrons. The van der Waals surface area contributed by atoms with Crippen molar-refractivity contribution in [3.63, 3.8) is 0 Å². The third-order valence-corrected chi connectivity index (χ3v) is 3.75. The van der Waals surface area contributed by atoms with E-state index in [4.69, 9.17) is 0 Å². The highest BCUT2D eigenvalue weighted by Gasteiger charge is 2.23. The van der Waals surface area contributed by atoms with E-state index in [0.717, 1.165) is 37.5 Å². The number of fused-ring (bicyclic) bond motifs is 1. The van der Waals surface area contributed by atoms with Gasteiger partial charge in [-0.3, -0.25) is 0 Å². The van der Waals surface area contributed by atoms with Gasteiger partial charge in [0, 0.05) is 13.0 Å². The maximum absolute atomic E-state index is 11.2. The molecule has 21 heavy (non-hydrogen) atoms. The highest BCUT2D eigenvalue weighted by atomic mass is 16.4. The zero-order chi connectivity index (χ0) is 15.0. The van der Waals surface area contributed by atoms with Gasteiger partial charge in [-0.1, -0.05) is 19.1 Å². The molecule has 0 bridgehead atoms. The average Bonchev–Trinajstić information content (AvgIpc) is 3.04. The average molecular weight is 290 g/mol. The number of aromatic nitrogens is 6. The van der Waals surface area contributed by atoms with Crippen molar-refractivity contribution < 1.29 is 9.90 Å². The molecule has 1 aliphatic heterocycles. The number of hydrogen-bond donors (Lipinski definition) is 1. The summed E-state index contributed by atoms with van der Waals surface area (Å²) in [6.07, 6.45) is 3.20. The lowest BCUT2D eigenvalue weighted by Gasteiger charge is -2.15. The monoisotopic (exact) mass is 290 g/mol. The Hall–Kier alpha value is -2.25. The van der Waals surface area contributed by atoms with Gasteiger partial charge in [-0.05, 0) is 18.8 Å². The molecular weight excluding hydrogens is 272 g/mol. The number of carboxylic acid groups (broad SMARTS) is 1. The van der Waals surface area contributed by atoms with Crippen LogP contribution in [0.25, 0.3) is 0 Å². The lowest BCUT2D eigenvalue weighted by molar-refractivity contribution is 0.0688. The summed E-state index contributed by atoms with van der Waals surface area (Å²) in [5.41, 5.74) is 0.638. The first-order chi connectivity index (χ1) is 10.1. The van der Waals surface area contributed by atoms with Crippen LogP contribution in [0.15, 0.2) is 0 Å². The lowest BCUT2D eigenvalue weighted by Crippen LogP contribution is -2.17. The first kappa shape index (κ1) is 13.7. The second kappa shape index (κ2) is 5.27. The van der Waals surface area contributed by atoms with Gasteiger partial charge in [0.1, 0.15) is 12.4 Å². The van der Waals surface area contributed by atoms with E-state index in [1.807, 2.05) is 13.8 Å². The van der Waals surface area contributed by atoms with Crippen LogP contribution in [0.1, 0.15) is 60.4 Å². The Morgan fingerprint density at radius 3 is 2.81 bits per heavy atom. The van der Waals surface area contributed by atoms with E-state index >= 15 is 0 Å². The summed E-state index contributed by atoms with van der Waals surface area (Å²) in [5, 5.41) is 25.4. The van der Waals surface area contributed by atoms with Crippen LogP contribution in [0.3, 0.4) is 0 Å². The van der Waals surface area contributed by atoms with Gasteiger partial charge in [0.05, 0.1) is 5.69 Å². The number of aromatic carboxylic acids is 1. The van der Waals surface area contributed by atoms with E-state index in [0.29, 0.717) is 12.2 Å². The molecular formula is C13H18N6O2. The summed E-state index contributed by atoms with van der Waals surface area (Å²) < 4.78 is 3.73. The summed E-state index contributed by atoms with van der Waals surface area (Å²) in [5.74, 6) is 0.789. The smallest absolute Gasteiger partial charge is 0.358 e. The normalized spacial score (nSPS) is 14.4. The largest absolute Gasteiger partial charge is 0.476 e. The van der Waals surface area contributed by atoms with Crippen molar-refractivity contribution in [1.82, 2.24) is 29.8 Å². The van der Waals surface area contributed by atoms with E-state index in [2.05, 4.69) is 25.1 Å². The number of carboxylic acids is 1. The Bertz CT molecular complexity index is 672. The first-order valence-electron chi connectivity index (χ1n) is 7.15. The predicted molar refractivity (Wildman–Crippen MR) is 73.1 cm³/mol. The third kappa shape index (κ3) is 2.41. The molecule has 3 heterocycles. The summed E-state index contributed by atoms with van der Waals surface area (Å²) in [6, 6.07) is 0. The Morgan fingerprint density at radius 2 is 2.10 bits per heavy atom. The zero-order valence-electron chi connectivity index (χ0n) is 12.2. The van der Waals surface area contributed by atoms with Crippen molar-refractivity contribution >= 4 is 5.97 Å². The van der Waals surface area contributed by atoms with Gasteiger partial charge >= 0.3 is 5.97 Å². The summed E-state index contributed by atoms with van der Waals surface area (Å²) in [4.78, 5) is 11.2. The summed E-state index contributed by atoms with van der Waals surface area (Å²) in [6.45, 7) is 5.18. The van der Waals surface area contributed by atoms with Crippen molar-refractivity contribution in [2.24, 2.45) is 0 Å². The molecule has 8 nitrogen and oxygen atoms in total. The minimum Gasteiger partial charge on any atom is -0.476 e. The molecule has 1 aliphatic rings. The Balaban J connectivity index is 1.95. The van der Waals surface area contributed by atoms with Crippen LogP contribution >= 0.6 is 0 Å². The van der Waals surface area contributed by atoms with Crippen LogP contribution in [0.2, 0.25) is 0 Å². The highest BCUT2D eigenvalue weighted by Crippen LogP contribution is 2.20. The topological polar surface area (TPSA) is 98.7 Å². The van der Waals surface area contributed by atoms with E-state index in [-0.39, 0.29) is 11.6 Å².